The molecular formula is C24H26BrFN2O4. The van der Waals surface area contributed by atoms with Gasteiger partial charge in [-0.3, -0.25) is 9.59 Å². The second-order valence-corrected chi connectivity index (χ2v) is 8.47. The highest BCUT2D eigenvalue weighted by Gasteiger charge is 2.46. The molecule has 32 heavy (non-hydrogen) atoms. The van der Waals surface area contributed by atoms with Gasteiger partial charge in [0.15, 0.2) is 0 Å². The lowest BCUT2D eigenvalue weighted by atomic mass is 9.94. The molecule has 1 aliphatic rings. The Kier molecular flexibility index (Phi) is 7.69. The van der Waals surface area contributed by atoms with Gasteiger partial charge in [-0.2, -0.15) is 0 Å². The van der Waals surface area contributed by atoms with Crippen molar-refractivity contribution in [1.82, 2.24) is 9.80 Å². The highest BCUT2D eigenvalue weighted by molar-refractivity contribution is 9.10. The number of benzene rings is 2. The summed E-state index contributed by atoms with van der Waals surface area (Å²) >= 11 is 3.27. The molecule has 170 valence electrons. The molecule has 1 heterocycles. The van der Waals surface area contributed by atoms with E-state index in [1.165, 1.54) is 35.2 Å². The topological polar surface area (TPSA) is 81.1 Å². The van der Waals surface area contributed by atoms with E-state index in [0.29, 0.717) is 17.4 Å². The number of carbonyl (C=O) groups is 2. The molecule has 2 N–H and O–H groups in total. The van der Waals surface area contributed by atoms with Crippen molar-refractivity contribution in [2.75, 3.05) is 26.2 Å². The van der Waals surface area contributed by atoms with Crippen molar-refractivity contribution < 1.29 is 24.2 Å². The first-order valence-electron chi connectivity index (χ1n) is 10.5. The minimum absolute atomic E-state index is 0.0122. The maximum Gasteiger partial charge on any atom is 0.295 e. The average molecular weight is 505 g/mol. The summed E-state index contributed by atoms with van der Waals surface area (Å²) in [5.41, 5.74) is -0.135. The molecule has 0 saturated carbocycles. The Morgan fingerprint density at radius 2 is 1.84 bits per heavy atom. The summed E-state index contributed by atoms with van der Waals surface area (Å²) in [5, 5.41) is 21.3. The number of amides is 1. The number of halogens is 2. The van der Waals surface area contributed by atoms with Crippen LogP contribution in [0.1, 0.15) is 37.4 Å². The molecule has 6 nitrogen and oxygen atoms in total. The second-order valence-electron chi connectivity index (χ2n) is 7.56. The van der Waals surface area contributed by atoms with Crippen LogP contribution >= 0.6 is 15.9 Å². The van der Waals surface area contributed by atoms with Gasteiger partial charge in [0.1, 0.15) is 17.3 Å². The van der Waals surface area contributed by atoms with Crippen LogP contribution in [0.25, 0.3) is 5.76 Å². The molecule has 0 spiro atoms. The zero-order valence-corrected chi connectivity index (χ0v) is 19.6. The van der Waals surface area contributed by atoms with Crippen molar-refractivity contribution in [3.63, 3.8) is 0 Å². The van der Waals surface area contributed by atoms with Crippen LogP contribution in [0.5, 0.6) is 5.75 Å². The molecule has 1 unspecified atom stereocenters. The quantitative estimate of drug-likeness (QED) is 0.315. The van der Waals surface area contributed by atoms with Gasteiger partial charge in [-0.25, -0.2) is 4.39 Å². The number of rotatable bonds is 8. The number of aliphatic hydroxyl groups excluding tert-OH is 1. The lowest BCUT2D eigenvalue weighted by molar-refractivity contribution is -0.140. The third-order valence-corrected chi connectivity index (χ3v) is 6.21. The zero-order valence-electron chi connectivity index (χ0n) is 18.0. The number of aliphatic hydroxyl groups is 1. The van der Waals surface area contributed by atoms with Gasteiger partial charge in [-0.15, -0.1) is 0 Å². The Balaban J connectivity index is 2.09. The highest BCUT2D eigenvalue weighted by Crippen LogP contribution is 2.42. The Morgan fingerprint density at radius 1 is 1.16 bits per heavy atom. The molecule has 0 radical (unpaired) electrons. The fraction of sp³-hybridized carbons (Fsp3) is 0.333. The number of aromatic hydroxyl groups is 1. The predicted molar refractivity (Wildman–Crippen MR) is 124 cm³/mol. The first kappa shape index (κ1) is 23.9. The fourth-order valence-electron chi connectivity index (χ4n) is 3.98. The van der Waals surface area contributed by atoms with Crippen LogP contribution in [0, 0.1) is 5.82 Å². The van der Waals surface area contributed by atoms with Gasteiger partial charge in [0.2, 0.25) is 0 Å². The van der Waals surface area contributed by atoms with E-state index >= 15 is 0 Å². The summed E-state index contributed by atoms with van der Waals surface area (Å²) in [5.74, 6) is -3.09. The summed E-state index contributed by atoms with van der Waals surface area (Å²) in [7, 11) is 0. The summed E-state index contributed by atoms with van der Waals surface area (Å²) in [6.07, 6.45) is 0.585. The number of carbonyl (C=O) groups excluding carboxylic acids is 2. The lowest BCUT2D eigenvalue weighted by Gasteiger charge is -2.27. The van der Waals surface area contributed by atoms with Gasteiger partial charge in [0.05, 0.1) is 17.2 Å². The Morgan fingerprint density at radius 3 is 2.50 bits per heavy atom. The zero-order chi connectivity index (χ0) is 23.4. The molecule has 1 aliphatic heterocycles. The van der Waals surface area contributed by atoms with Gasteiger partial charge >= 0.3 is 0 Å². The molecule has 1 saturated heterocycles. The molecule has 8 heteroatoms. The van der Waals surface area contributed by atoms with Crippen LogP contribution in [-0.2, 0) is 9.59 Å². The molecule has 0 bridgehead atoms. The molecular weight excluding hydrogens is 479 g/mol. The molecule has 2 aromatic carbocycles. The summed E-state index contributed by atoms with van der Waals surface area (Å²) in [6, 6.07) is 9.17. The third kappa shape index (κ3) is 4.71. The van der Waals surface area contributed by atoms with Crippen molar-refractivity contribution in [2.24, 2.45) is 0 Å². The number of hydrogen-bond donors (Lipinski definition) is 2. The molecule has 2 aromatic rings. The molecule has 3 rings (SSSR count). The average Bonchev–Trinajstić information content (AvgIpc) is 3.03. The van der Waals surface area contributed by atoms with Gasteiger partial charge in [0.25, 0.3) is 11.7 Å². The Hall–Kier alpha value is -2.71. The number of ketones is 1. The number of hydrogen-bond acceptors (Lipinski definition) is 5. The molecule has 1 amide bonds. The van der Waals surface area contributed by atoms with Crippen LogP contribution in [0.15, 0.2) is 52.5 Å². The van der Waals surface area contributed by atoms with Gasteiger partial charge in [0, 0.05) is 16.6 Å². The standard InChI is InChI=1S/C24H26BrFN2O4/c1-3-27(4-2)12-7-13-28-21(16-8-5-6-9-18(16)26)20(23(31)24(28)32)22(30)17-14-15(25)10-11-19(17)29/h5-6,8-11,14,21,29-30H,3-4,7,12-13H2,1-2H3/b22-20+. The first-order chi connectivity index (χ1) is 15.3. The van der Waals surface area contributed by atoms with Crippen molar-refractivity contribution >= 4 is 33.4 Å². The number of likely N-dealkylation sites (tertiary alicyclic amines) is 1. The van der Waals surface area contributed by atoms with Crippen LogP contribution in [0.3, 0.4) is 0 Å². The Bertz CT molecular complexity index is 1050. The van der Waals surface area contributed by atoms with Crippen LogP contribution in [-0.4, -0.2) is 57.9 Å². The highest BCUT2D eigenvalue weighted by atomic mass is 79.9. The molecule has 0 aliphatic carbocycles. The summed E-state index contributed by atoms with van der Waals surface area (Å²) in [6.45, 7) is 6.73. The first-order valence-corrected chi connectivity index (χ1v) is 11.3. The van der Waals surface area contributed by atoms with Gasteiger partial charge < -0.3 is 20.0 Å². The van der Waals surface area contributed by atoms with Crippen molar-refractivity contribution in [3.8, 4) is 5.75 Å². The monoisotopic (exact) mass is 504 g/mol. The van der Waals surface area contributed by atoms with Crippen molar-refractivity contribution in [3.05, 3.63) is 69.5 Å². The maximum atomic E-state index is 14.8. The van der Waals surface area contributed by atoms with Crippen molar-refractivity contribution in [2.45, 2.75) is 26.3 Å². The number of nitrogens with zero attached hydrogens (tertiary/aromatic N) is 2. The van der Waals surface area contributed by atoms with E-state index < -0.39 is 29.3 Å². The minimum Gasteiger partial charge on any atom is -0.507 e. The van der Waals surface area contributed by atoms with E-state index in [1.54, 1.807) is 12.1 Å². The van der Waals surface area contributed by atoms with Gasteiger partial charge in [-0.05, 0) is 50.3 Å². The maximum absolute atomic E-state index is 14.8. The molecule has 0 aromatic heterocycles. The third-order valence-electron chi connectivity index (χ3n) is 5.72. The number of phenolic OH excluding ortho intramolecular Hbond substituents is 1. The molecule has 1 fully saturated rings. The van der Waals surface area contributed by atoms with Crippen molar-refractivity contribution in [1.29, 1.82) is 0 Å². The number of Topliss-reactive ketones (excluding diaryl/α,β-unsaturated/α-hetero) is 1. The Labute approximate surface area is 195 Å². The molecule has 1 atom stereocenters. The summed E-state index contributed by atoms with van der Waals surface area (Å²) < 4.78 is 15.4. The minimum atomic E-state index is -1.09. The van der Waals surface area contributed by atoms with Gasteiger partial charge in [-0.1, -0.05) is 48.0 Å². The van der Waals surface area contributed by atoms with E-state index in [0.717, 1.165) is 13.1 Å². The largest absolute Gasteiger partial charge is 0.507 e. The smallest absolute Gasteiger partial charge is 0.295 e. The van der Waals surface area contributed by atoms with E-state index in [4.69, 9.17) is 0 Å². The van der Waals surface area contributed by atoms with Crippen LogP contribution in [0.2, 0.25) is 0 Å². The SMILES string of the molecule is CCN(CC)CCCN1C(=O)C(=O)/C(=C(/O)c2cc(Br)ccc2O)C1c1ccccc1F. The van der Waals surface area contributed by atoms with Crippen LogP contribution < -0.4 is 0 Å². The normalized spacial score (nSPS) is 18.0. The van der Waals surface area contributed by atoms with E-state index in [-0.39, 0.29) is 29.0 Å². The van der Waals surface area contributed by atoms with E-state index in [2.05, 4.69) is 20.8 Å². The fourth-order valence-corrected chi connectivity index (χ4v) is 4.34. The predicted octanol–water partition coefficient (Wildman–Crippen LogP) is 4.45. The van der Waals surface area contributed by atoms with E-state index in [9.17, 15) is 24.2 Å². The number of phenols is 1. The van der Waals surface area contributed by atoms with Crippen LogP contribution in [0.4, 0.5) is 4.39 Å². The van der Waals surface area contributed by atoms with E-state index in [1.807, 2.05) is 13.8 Å². The lowest BCUT2D eigenvalue weighted by Crippen LogP contribution is -2.33. The summed E-state index contributed by atoms with van der Waals surface area (Å²) in [4.78, 5) is 29.4. The second kappa shape index (κ2) is 10.3.